The van der Waals surface area contributed by atoms with E-state index in [0.29, 0.717) is 5.69 Å². The minimum Gasteiger partial charge on any atom is -0.478 e. The van der Waals surface area contributed by atoms with E-state index in [1.807, 2.05) is 0 Å². The lowest BCUT2D eigenvalue weighted by Gasteiger charge is -2.09. The molecule has 1 aromatic heterocycles. The van der Waals surface area contributed by atoms with Gasteiger partial charge in [0.05, 0.1) is 28.5 Å². The van der Waals surface area contributed by atoms with Crippen molar-refractivity contribution in [1.29, 1.82) is 0 Å². The van der Waals surface area contributed by atoms with E-state index in [0.717, 1.165) is 0 Å². The van der Waals surface area contributed by atoms with Crippen LogP contribution in [0.15, 0.2) is 36.5 Å². The number of carboxylic acid groups (broad SMARTS) is 1. The van der Waals surface area contributed by atoms with Crippen molar-refractivity contribution in [2.45, 2.75) is 6.54 Å². The van der Waals surface area contributed by atoms with Gasteiger partial charge in [0, 0.05) is 6.20 Å². The third-order valence-corrected chi connectivity index (χ3v) is 2.85. The van der Waals surface area contributed by atoms with Crippen LogP contribution in [0.4, 0.5) is 10.5 Å². The second kappa shape index (κ2) is 6.67. The number of aromatic carboxylic acids is 1. The lowest BCUT2D eigenvalue weighted by atomic mass is 10.2. The molecule has 0 saturated heterocycles. The highest BCUT2D eigenvalue weighted by atomic mass is 35.5. The first-order valence-corrected chi connectivity index (χ1v) is 6.28. The van der Waals surface area contributed by atoms with E-state index < -0.39 is 12.0 Å². The van der Waals surface area contributed by atoms with Crippen LogP contribution in [0.25, 0.3) is 0 Å². The first kappa shape index (κ1) is 14.7. The molecule has 1 aromatic carbocycles. The Morgan fingerprint density at radius 1 is 1.29 bits per heavy atom. The Hall–Kier alpha value is -2.67. The molecule has 0 bridgehead atoms. The molecule has 2 rings (SSSR count). The highest BCUT2D eigenvalue weighted by Gasteiger charge is 2.10. The number of hydrogen-bond acceptors (Lipinski definition) is 4. The number of amides is 2. The van der Waals surface area contributed by atoms with Gasteiger partial charge in [-0.3, -0.25) is 0 Å². The third-order valence-electron chi connectivity index (χ3n) is 2.52. The van der Waals surface area contributed by atoms with E-state index in [-0.39, 0.29) is 22.8 Å². The number of urea groups is 1. The lowest BCUT2D eigenvalue weighted by molar-refractivity contribution is 0.0697. The molecular formula is C13H11ClN4O3. The SMILES string of the molecule is O=C(NCc1cccnn1)Nc1cc(C(=O)O)ccc1Cl. The van der Waals surface area contributed by atoms with Crippen molar-refractivity contribution in [3.63, 3.8) is 0 Å². The number of nitrogens with one attached hydrogen (secondary N) is 2. The van der Waals surface area contributed by atoms with Crippen LogP contribution in [-0.4, -0.2) is 27.3 Å². The van der Waals surface area contributed by atoms with E-state index in [9.17, 15) is 9.59 Å². The fraction of sp³-hybridized carbons (Fsp3) is 0.0769. The lowest BCUT2D eigenvalue weighted by Crippen LogP contribution is -2.28. The highest BCUT2D eigenvalue weighted by molar-refractivity contribution is 6.33. The second-order valence-corrected chi connectivity index (χ2v) is 4.43. The van der Waals surface area contributed by atoms with Crippen LogP contribution in [0.2, 0.25) is 5.02 Å². The molecule has 0 unspecified atom stereocenters. The molecular weight excluding hydrogens is 296 g/mol. The van der Waals surface area contributed by atoms with Crippen LogP contribution in [0.3, 0.4) is 0 Å². The summed E-state index contributed by atoms with van der Waals surface area (Å²) >= 11 is 5.90. The smallest absolute Gasteiger partial charge is 0.335 e. The topological polar surface area (TPSA) is 104 Å². The summed E-state index contributed by atoms with van der Waals surface area (Å²) < 4.78 is 0. The van der Waals surface area contributed by atoms with Crippen molar-refractivity contribution >= 4 is 29.3 Å². The fourth-order valence-electron chi connectivity index (χ4n) is 1.52. The van der Waals surface area contributed by atoms with Gasteiger partial charge >= 0.3 is 12.0 Å². The third kappa shape index (κ3) is 4.15. The molecule has 0 aliphatic carbocycles. The maximum absolute atomic E-state index is 11.7. The van der Waals surface area contributed by atoms with Crippen LogP contribution in [0.1, 0.15) is 16.1 Å². The van der Waals surface area contributed by atoms with Crippen molar-refractivity contribution in [3.05, 3.63) is 52.8 Å². The summed E-state index contributed by atoms with van der Waals surface area (Å²) in [4.78, 5) is 22.6. The van der Waals surface area contributed by atoms with Gasteiger partial charge in [-0.05, 0) is 30.3 Å². The van der Waals surface area contributed by atoms with Gasteiger partial charge in [0.25, 0.3) is 0 Å². The largest absolute Gasteiger partial charge is 0.478 e. The molecule has 0 aliphatic rings. The zero-order valence-corrected chi connectivity index (χ0v) is 11.5. The first-order chi connectivity index (χ1) is 10.1. The minimum atomic E-state index is -1.10. The summed E-state index contributed by atoms with van der Waals surface area (Å²) in [5, 5.41) is 21.7. The van der Waals surface area contributed by atoms with Gasteiger partial charge in [0.1, 0.15) is 0 Å². The van der Waals surface area contributed by atoms with Gasteiger partial charge < -0.3 is 15.7 Å². The molecule has 2 aromatic rings. The van der Waals surface area contributed by atoms with Crippen LogP contribution in [-0.2, 0) is 6.54 Å². The van der Waals surface area contributed by atoms with Crippen molar-refractivity contribution in [2.24, 2.45) is 0 Å². The quantitative estimate of drug-likeness (QED) is 0.803. The molecule has 108 valence electrons. The van der Waals surface area contributed by atoms with Gasteiger partial charge in [-0.15, -0.1) is 0 Å². The average Bonchev–Trinajstić information content (AvgIpc) is 2.48. The van der Waals surface area contributed by atoms with E-state index >= 15 is 0 Å². The summed E-state index contributed by atoms with van der Waals surface area (Å²) in [5.41, 5.74) is 0.842. The maximum Gasteiger partial charge on any atom is 0.335 e. The molecule has 3 N–H and O–H groups in total. The fourth-order valence-corrected chi connectivity index (χ4v) is 1.68. The summed E-state index contributed by atoms with van der Waals surface area (Å²) in [6.45, 7) is 0.190. The molecule has 2 amide bonds. The van der Waals surface area contributed by atoms with Gasteiger partial charge in [0.2, 0.25) is 0 Å². The highest BCUT2D eigenvalue weighted by Crippen LogP contribution is 2.22. The zero-order chi connectivity index (χ0) is 15.2. The number of rotatable bonds is 4. The number of anilines is 1. The molecule has 0 radical (unpaired) electrons. The van der Waals surface area contributed by atoms with Crippen LogP contribution >= 0.6 is 11.6 Å². The normalized spacial score (nSPS) is 9.95. The molecule has 0 aliphatic heterocycles. The summed E-state index contributed by atoms with van der Waals surface area (Å²) in [6, 6.07) is 6.94. The number of carbonyl (C=O) groups excluding carboxylic acids is 1. The second-order valence-electron chi connectivity index (χ2n) is 4.02. The van der Waals surface area contributed by atoms with Crippen molar-refractivity contribution in [3.8, 4) is 0 Å². The number of carbonyl (C=O) groups is 2. The Labute approximate surface area is 125 Å². The number of carboxylic acids is 1. The number of hydrogen-bond donors (Lipinski definition) is 3. The van der Waals surface area contributed by atoms with Crippen molar-refractivity contribution in [2.75, 3.05) is 5.32 Å². The standard InChI is InChI=1S/C13H11ClN4O3/c14-10-4-3-8(12(19)20)6-11(10)17-13(21)15-7-9-2-1-5-16-18-9/h1-6H,7H2,(H,19,20)(H2,15,17,21). The predicted octanol–water partition coefficient (Wildman–Crippen LogP) is 2.15. The molecule has 0 spiro atoms. The molecule has 1 heterocycles. The van der Waals surface area contributed by atoms with Crippen LogP contribution in [0.5, 0.6) is 0 Å². The van der Waals surface area contributed by atoms with Gasteiger partial charge in [-0.2, -0.15) is 10.2 Å². The molecule has 8 heteroatoms. The van der Waals surface area contributed by atoms with E-state index in [4.69, 9.17) is 16.7 Å². The van der Waals surface area contributed by atoms with Gasteiger partial charge in [0.15, 0.2) is 0 Å². The summed E-state index contributed by atoms with van der Waals surface area (Å²) in [6.07, 6.45) is 1.53. The Kier molecular flexibility index (Phi) is 4.68. The van der Waals surface area contributed by atoms with Crippen LogP contribution < -0.4 is 10.6 Å². The molecule has 7 nitrogen and oxygen atoms in total. The first-order valence-electron chi connectivity index (χ1n) is 5.90. The molecule has 0 saturated carbocycles. The number of nitrogens with zero attached hydrogens (tertiary/aromatic N) is 2. The van der Waals surface area contributed by atoms with E-state index in [1.165, 1.54) is 24.4 Å². The van der Waals surface area contributed by atoms with Gasteiger partial charge in [-0.1, -0.05) is 11.6 Å². The number of halogens is 1. The van der Waals surface area contributed by atoms with E-state index in [1.54, 1.807) is 12.1 Å². The molecule has 21 heavy (non-hydrogen) atoms. The Bertz CT molecular complexity index is 664. The summed E-state index contributed by atoms with van der Waals surface area (Å²) in [7, 11) is 0. The number of aromatic nitrogens is 2. The Morgan fingerprint density at radius 3 is 2.76 bits per heavy atom. The molecule has 0 fully saturated rings. The minimum absolute atomic E-state index is 0.0311. The van der Waals surface area contributed by atoms with Gasteiger partial charge in [-0.25, -0.2) is 9.59 Å². The van der Waals surface area contributed by atoms with Crippen LogP contribution in [0, 0.1) is 0 Å². The maximum atomic E-state index is 11.7. The van der Waals surface area contributed by atoms with Crippen molar-refractivity contribution in [1.82, 2.24) is 15.5 Å². The number of benzene rings is 1. The Morgan fingerprint density at radius 2 is 2.10 bits per heavy atom. The average molecular weight is 307 g/mol. The van der Waals surface area contributed by atoms with E-state index in [2.05, 4.69) is 20.8 Å². The zero-order valence-electron chi connectivity index (χ0n) is 10.7. The predicted molar refractivity (Wildman–Crippen MR) is 76.3 cm³/mol. The summed E-state index contributed by atoms with van der Waals surface area (Å²) in [5.74, 6) is -1.10. The van der Waals surface area contributed by atoms with Crippen molar-refractivity contribution < 1.29 is 14.7 Å². The Balaban J connectivity index is 1.99. The monoisotopic (exact) mass is 306 g/mol. The molecule has 0 atom stereocenters.